The Hall–Kier alpha value is -2.93. The number of hydrogen-bond acceptors (Lipinski definition) is 4. The zero-order chi connectivity index (χ0) is 21.3. The van der Waals surface area contributed by atoms with Gasteiger partial charge in [0.15, 0.2) is 5.11 Å². The number of benzene rings is 2. The third kappa shape index (κ3) is 6.56. The lowest BCUT2D eigenvalue weighted by Crippen LogP contribution is -2.36. The second-order valence-electron chi connectivity index (χ2n) is 7.41. The molecule has 0 spiro atoms. The van der Waals surface area contributed by atoms with Gasteiger partial charge >= 0.3 is 0 Å². The maximum atomic E-state index is 12.4. The number of ether oxygens (including phenoxy) is 1. The molecule has 1 aliphatic carbocycles. The molecule has 2 amide bonds. The summed E-state index contributed by atoms with van der Waals surface area (Å²) in [6.07, 6.45) is 5.92. The number of carbonyl (C=O) groups is 2. The number of methoxy groups -OCH3 is 1. The van der Waals surface area contributed by atoms with Crippen LogP contribution in [-0.4, -0.2) is 30.1 Å². The molecule has 158 valence electrons. The lowest BCUT2D eigenvalue weighted by molar-refractivity contribution is -0.119. The fourth-order valence-corrected chi connectivity index (χ4v) is 3.71. The number of anilines is 1. The van der Waals surface area contributed by atoms with Gasteiger partial charge in [-0.3, -0.25) is 9.59 Å². The van der Waals surface area contributed by atoms with Gasteiger partial charge in [0.05, 0.1) is 13.5 Å². The molecule has 2 aromatic carbocycles. The van der Waals surface area contributed by atoms with E-state index in [1.54, 1.807) is 31.4 Å². The molecule has 0 heterocycles. The molecule has 0 radical (unpaired) electrons. The van der Waals surface area contributed by atoms with E-state index in [1.165, 1.54) is 19.3 Å². The molecule has 0 aliphatic heterocycles. The van der Waals surface area contributed by atoms with Crippen molar-refractivity contribution in [1.82, 2.24) is 10.6 Å². The van der Waals surface area contributed by atoms with Gasteiger partial charge in [-0.25, -0.2) is 0 Å². The Kier molecular flexibility index (Phi) is 7.79. The van der Waals surface area contributed by atoms with Crippen LogP contribution in [0.4, 0.5) is 5.69 Å². The lowest BCUT2D eigenvalue weighted by atomic mass is 9.95. The van der Waals surface area contributed by atoms with Crippen molar-refractivity contribution in [3.05, 3.63) is 59.7 Å². The molecule has 30 heavy (non-hydrogen) atoms. The highest BCUT2D eigenvalue weighted by Gasteiger charge is 2.16. The zero-order valence-electron chi connectivity index (χ0n) is 17.1. The van der Waals surface area contributed by atoms with Gasteiger partial charge in [0, 0.05) is 17.3 Å². The van der Waals surface area contributed by atoms with Crippen molar-refractivity contribution in [3.8, 4) is 5.75 Å². The van der Waals surface area contributed by atoms with Crippen LogP contribution in [0.5, 0.6) is 5.75 Å². The van der Waals surface area contributed by atoms with Crippen LogP contribution in [0.15, 0.2) is 48.5 Å². The van der Waals surface area contributed by atoms with Crippen LogP contribution in [0.3, 0.4) is 0 Å². The van der Waals surface area contributed by atoms with Crippen molar-refractivity contribution in [2.75, 3.05) is 12.4 Å². The molecule has 7 heteroatoms. The van der Waals surface area contributed by atoms with E-state index in [4.69, 9.17) is 17.0 Å². The van der Waals surface area contributed by atoms with Crippen molar-refractivity contribution in [1.29, 1.82) is 0 Å². The smallest absolute Gasteiger partial charge is 0.251 e. The van der Waals surface area contributed by atoms with E-state index in [2.05, 4.69) is 16.0 Å². The molecule has 1 aliphatic rings. The maximum absolute atomic E-state index is 12.4. The Bertz CT molecular complexity index is 876. The molecule has 6 nitrogen and oxygen atoms in total. The fourth-order valence-electron chi connectivity index (χ4n) is 3.48. The van der Waals surface area contributed by atoms with Crippen molar-refractivity contribution in [3.63, 3.8) is 0 Å². The average Bonchev–Trinajstić information content (AvgIpc) is 2.75. The first-order chi connectivity index (χ1) is 14.5. The molecule has 1 saturated carbocycles. The molecular weight excluding hydrogens is 398 g/mol. The largest absolute Gasteiger partial charge is 0.497 e. The Morgan fingerprint density at radius 3 is 2.30 bits per heavy atom. The highest BCUT2D eigenvalue weighted by molar-refractivity contribution is 7.80. The summed E-state index contributed by atoms with van der Waals surface area (Å²) in [7, 11) is 1.60. The number of nitrogens with one attached hydrogen (secondary N) is 3. The quantitative estimate of drug-likeness (QED) is 0.614. The minimum absolute atomic E-state index is 0.0520. The maximum Gasteiger partial charge on any atom is 0.251 e. The predicted molar refractivity (Wildman–Crippen MR) is 122 cm³/mol. The molecule has 0 unspecified atom stereocenters. The van der Waals surface area contributed by atoms with Crippen molar-refractivity contribution in [2.45, 2.75) is 44.6 Å². The van der Waals surface area contributed by atoms with E-state index in [9.17, 15) is 9.59 Å². The average molecular weight is 426 g/mol. The summed E-state index contributed by atoms with van der Waals surface area (Å²) in [6, 6.07) is 14.6. The van der Waals surface area contributed by atoms with Crippen LogP contribution in [0.25, 0.3) is 0 Å². The first kappa shape index (κ1) is 21.8. The lowest BCUT2D eigenvalue weighted by Gasteiger charge is -2.22. The summed E-state index contributed by atoms with van der Waals surface area (Å²) >= 11 is 5.22. The van der Waals surface area contributed by atoms with Crippen LogP contribution in [0.1, 0.15) is 48.0 Å². The molecular formula is C23H27N3O3S. The first-order valence-corrected chi connectivity index (χ1v) is 10.6. The van der Waals surface area contributed by atoms with Gasteiger partial charge in [-0.1, -0.05) is 31.4 Å². The molecule has 3 N–H and O–H groups in total. The second kappa shape index (κ2) is 10.7. The van der Waals surface area contributed by atoms with Gasteiger partial charge in [-0.2, -0.15) is 0 Å². The first-order valence-electron chi connectivity index (χ1n) is 10.2. The highest BCUT2D eigenvalue weighted by atomic mass is 32.1. The minimum atomic E-state index is -0.207. The topological polar surface area (TPSA) is 79.5 Å². The summed E-state index contributed by atoms with van der Waals surface area (Å²) in [4.78, 5) is 24.6. The predicted octanol–water partition coefficient (Wildman–Crippen LogP) is 3.81. The number of carbonyl (C=O) groups excluding carboxylic acids is 2. The third-order valence-corrected chi connectivity index (χ3v) is 5.33. The highest BCUT2D eigenvalue weighted by Crippen LogP contribution is 2.18. The molecule has 3 rings (SSSR count). The number of rotatable bonds is 6. The van der Waals surface area contributed by atoms with E-state index in [0.29, 0.717) is 11.3 Å². The Labute approximate surface area is 182 Å². The summed E-state index contributed by atoms with van der Waals surface area (Å²) < 4.78 is 5.11. The van der Waals surface area contributed by atoms with Crippen LogP contribution in [-0.2, 0) is 11.2 Å². The van der Waals surface area contributed by atoms with Gasteiger partial charge in [0.1, 0.15) is 5.75 Å². The van der Waals surface area contributed by atoms with Crippen LogP contribution in [0, 0.1) is 0 Å². The number of amides is 2. The summed E-state index contributed by atoms with van der Waals surface area (Å²) in [5.74, 6) is 0.484. The van der Waals surface area contributed by atoms with Crippen molar-refractivity contribution >= 4 is 34.8 Å². The summed E-state index contributed by atoms with van der Waals surface area (Å²) in [5.41, 5.74) is 2.18. The monoisotopic (exact) mass is 425 g/mol. The van der Waals surface area contributed by atoms with E-state index >= 15 is 0 Å². The zero-order valence-corrected chi connectivity index (χ0v) is 17.9. The number of hydrogen-bond donors (Lipinski definition) is 3. The van der Waals surface area contributed by atoms with E-state index < -0.39 is 0 Å². The second-order valence-corrected chi connectivity index (χ2v) is 7.82. The van der Waals surface area contributed by atoms with Gasteiger partial charge in [-0.05, 0) is 67.0 Å². The molecule has 0 aromatic heterocycles. The normalized spacial score (nSPS) is 13.9. The molecule has 0 saturated heterocycles. The van der Waals surface area contributed by atoms with E-state index in [-0.39, 0.29) is 29.4 Å². The van der Waals surface area contributed by atoms with Gasteiger partial charge in [-0.15, -0.1) is 0 Å². The van der Waals surface area contributed by atoms with Gasteiger partial charge in [0.25, 0.3) is 5.91 Å². The summed E-state index contributed by atoms with van der Waals surface area (Å²) in [6.45, 7) is 0. The van der Waals surface area contributed by atoms with Crippen LogP contribution in [0.2, 0.25) is 0 Å². The number of thiocarbonyl (C=S) groups is 1. The van der Waals surface area contributed by atoms with Crippen molar-refractivity contribution in [2.24, 2.45) is 0 Å². The fraction of sp³-hybridized carbons (Fsp3) is 0.348. The van der Waals surface area contributed by atoms with Crippen LogP contribution >= 0.6 is 12.2 Å². The molecule has 0 atom stereocenters. The Balaban J connectivity index is 1.46. The summed E-state index contributed by atoms with van der Waals surface area (Å²) in [5, 5.41) is 8.96. The molecule has 2 aromatic rings. The standard InChI is InChI=1S/C23H27N3O3S/c1-29-20-13-7-16(8-14-20)15-21(27)26-23(30)25-19-11-9-17(10-12-19)22(28)24-18-5-3-2-4-6-18/h7-14,18H,2-6,15H2,1H3,(H,24,28)(H2,25,26,27,30). The minimum Gasteiger partial charge on any atom is -0.497 e. The van der Waals surface area contributed by atoms with Crippen LogP contribution < -0.4 is 20.7 Å². The van der Waals surface area contributed by atoms with Gasteiger partial charge in [0.2, 0.25) is 5.91 Å². The van der Waals surface area contributed by atoms with E-state index in [1.807, 2.05) is 24.3 Å². The van der Waals surface area contributed by atoms with Gasteiger partial charge < -0.3 is 20.7 Å². The molecule has 1 fully saturated rings. The van der Waals surface area contributed by atoms with Crippen molar-refractivity contribution < 1.29 is 14.3 Å². The Morgan fingerprint density at radius 2 is 1.67 bits per heavy atom. The Morgan fingerprint density at radius 1 is 1.00 bits per heavy atom. The van der Waals surface area contributed by atoms with E-state index in [0.717, 1.165) is 24.2 Å². The third-order valence-electron chi connectivity index (χ3n) is 5.12. The molecule has 0 bridgehead atoms. The SMILES string of the molecule is COc1ccc(CC(=O)NC(=S)Nc2ccc(C(=O)NC3CCCCC3)cc2)cc1.